The van der Waals surface area contributed by atoms with E-state index in [-0.39, 0.29) is 11.3 Å². The van der Waals surface area contributed by atoms with Crippen molar-refractivity contribution in [2.75, 3.05) is 0 Å². The Morgan fingerprint density at radius 1 is 1.41 bits per heavy atom. The molecule has 1 aromatic carbocycles. The summed E-state index contributed by atoms with van der Waals surface area (Å²) in [6, 6.07) is 9.54. The standard InChI is InChI=1S/C11H10BN3O2/c1-8-10(15(16)17)11(12)14(13-8)7-9-5-3-2-4-6-9/h2-6H,7H2,1H3. The Balaban J connectivity index is 2.35. The number of rotatable bonds is 3. The van der Waals surface area contributed by atoms with Gasteiger partial charge in [-0.2, -0.15) is 5.10 Å². The Hall–Kier alpha value is -2.11. The van der Waals surface area contributed by atoms with E-state index in [9.17, 15) is 10.1 Å². The minimum Gasteiger partial charge on any atom is -0.269 e. The van der Waals surface area contributed by atoms with Crippen LogP contribution in [0.1, 0.15) is 11.3 Å². The number of hydrogen-bond donors (Lipinski definition) is 0. The van der Waals surface area contributed by atoms with E-state index in [4.69, 9.17) is 7.85 Å². The molecule has 0 spiro atoms. The molecule has 0 N–H and O–H groups in total. The summed E-state index contributed by atoms with van der Waals surface area (Å²) in [6.45, 7) is 2.01. The SMILES string of the molecule is [B]c1c([N+](=O)[O-])c(C)nn1Cc1ccccc1. The van der Waals surface area contributed by atoms with Gasteiger partial charge < -0.3 is 0 Å². The Morgan fingerprint density at radius 2 is 2.06 bits per heavy atom. The zero-order valence-corrected chi connectivity index (χ0v) is 9.33. The molecular formula is C11H10BN3O2. The summed E-state index contributed by atoms with van der Waals surface area (Å²) in [5.74, 6) is 0. The molecule has 17 heavy (non-hydrogen) atoms. The summed E-state index contributed by atoms with van der Waals surface area (Å²) in [4.78, 5) is 10.3. The van der Waals surface area contributed by atoms with E-state index >= 15 is 0 Å². The molecule has 2 rings (SSSR count). The van der Waals surface area contributed by atoms with Gasteiger partial charge in [-0.25, -0.2) is 0 Å². The van der Waals surface area contributed by atoms with E-state index in [1.54, 1.807) is 6.92 Å². The van der Waals surface area contributed by atoms with Crippen molar-refractivity contribution in [1.29, 1.82) is 0 Å². The largest absolute Gasteiger partial charge is 0.302 e. The fraction of sp³-hybridized carbons (Fsp3) is 0.182. The maximum Gasteiger partial charge on any atom is 0.302 e. The van der Waals surface area contributed by atoms with Crippen molar-refractivity contribution in [3.63, 3.8) is 0 Å². The van der Waals surface area contributed by atoms with Crippen LogP contribution in [0.4, 0.5) is 5.69 Å². The number of benzene rings is 1. The van der Waals surface area contributed by atoms with Crippen LogP contribution in [-0.4, -0.2) is 22.6 Å². The number of nitro groups is 1. The summed E-state index contributed by atoms with van der Waals surface area (Å²) in [5.41, 5.74) is 1.32. The van der Waals surface area contributed by atoms with Gasteiger partial charge in [0.15, 0.2) is 7.85 Å². The Bertz CT molecular complexity index is 551. The molecule has 0 saturated carbocycles. The maximum atomic E-state index is 10.8. The van der Waals surface area contributed by atoms with E-state index in [0.29, 0.717) is 12.2 Å². The average Bonchev–Trinajstić information content (AvgIpc) is 2.55. The van der Waals surface area contributed by atoms with Crippen LogP contribution in [-0.2, 0) is 6.54 Å². The van der Waals surface area contributed by atoms with Crippen LogP contribution in [0.15, 0.2) is 30.3 Å². The number of aryl methyl sites for hydroxylation is 1. The van der Waals surface area contributed by atoms with Gasteiger partial charge in [0, 0.05) is 0 Å². The van der Waals surface area contributed by atoms with E-state index in [0.717, 1.165) is 5.56 Å². The van der Waals surface area contributed by atoms with Crippen molar-refractivity contribution < 1.29 is 4.92 Å². The number of nitrogens with zero attached hydrogens (tertiary/aromatic N) is 3. The van der Waals surface area contributed by atoms with Crippen molar-refractivity contribution in [1.82, 2.24) is 9.78 Å². The van der Waals surface area contributed by atoms with Crippen LogP contribution in [0.5, 0.6) is 0 Å². The minimum absolute atomic E-state index is 0.0938. The average molecular weight is 227 g/mol. The van der Waals surface area contributed by atoms with E-state index in [1.165, 1.54) is 4.68 Å². The molecule has 0 aliphatic carbocycles. The first-order chi connectivity index (χ1) is 8.09. The Kier molecular flexibility index (Phi) is 2.95. The number of aromatic nitrogens is 2. The van der Waals surface area contributed by atoms with Crippen LogP contribution in [0, 0.1) is 17.0 Å². The summed E-state index contributed by atoms with van der Waals surface area (Å²) in [5, 5.41) is 14.9. The fourth-order valence-corrected chi connectivity index (χ4v) is 1.69. The highest BCUT2D eigenvalue weighted by Gasteiger charge is 2.20. The monoisotopic (exact) mass is 227 g/mol. The summed E-state index contributed by atoms with van der Waals surface area (Å²) >= 11 is 0. The summed E-state index contributed by atoms with van der Waals surface area (Å²) in [7, 11) is 5.71. The first-order valence-corrected chi connectivity index (χ1v) is 5.11. The lowest BCUT2D eigenvalue weighted by atomic mass is 10.0. The predicted molar refractivity (Wildman–Crippen MR) is 64.6 cm³/mol. The molecule has 0 fully saturated rings. The molecule has 0 aliphatic heterocycles. The van der Waals surface area contributed by atoms with Gasteiger partial charge in [0.1, 0.15) is 5.69 Å². The molecule has 0 saturated heterocycles. The lowest BCUT2D eigenvalue weighted by molar-refractivity contribution is -0.384. The minimum atomic E-state index is -0.501. The van der Waals surface area contributed by atoms with Crippen molar-refractivity contribution >= 4 is 19.1 Å². The quantitative estimate of drug-likeness (QED) is 0.445. The molecule has 1 aromatic heterocycles. The first-order valence-electron chi connectivity index (χ1n) is 5.11. The van der Waals surface area contributed by atoms with E-state index in [1.807, 2.05) is 30.3 Å². The lowest BCUT2D eigenvalue weighted by Gasteiger charge is -2.03. The van der Waals surface area contributed by atoms with Crippen molar-refractivity contribution in [2.45, 2.75) is 13.5 Å². The van der Waals surface area contributed by atoms with Gasteiger partial charge in [0.05, 0.1) is 17.1 Å². The molecule has 5 nitrogen and oxygen atoms in total. The molecule has 2 radical (unpaired) electrons. The molecule has 0 amide bonds. The maximum absolute atomic E-state index is 10.8. The van der Waals surface area contributed by atoms with Crippen LogP contribution < -0.4 is 5.59 Å². The molecular weight excluding hydrogens is 217 g/mol. The predicted octanol–water partition coefficient (Wildman–Crippen LogP) is 0.942. The fourth-order valence-electron chi connectivity index (χ4n) is 1.69. The van der Waals surface area contributed by atoms with Crippen molar-refractivity contribution in [3.8, 4) is 0 Å². The van der Waals surface area contributed by atoms with Crippen LogP contribution in [0.2, 0.25) is 0 Å². The highest BCUT2D eigenvalue weighted by molar-refractivity contribution is 6.33. The molecule has 0 bridgehead atoms. The van der Waals surface area contributed by atoms with Crippen molar-refractivity contribution in [3.05, 3.63) is 51.7 Å². The van der Waals surface area contributed by atoms with Gasteiger partial charge in [0.25, 0.3) is 0 Å². The second kappa shape index (κ2) is 4.41. The third kappa shape index (κ3) is 2.20. The molecule has 0 aliphatic rings. The first kappa shape index (κ1) is 11.4. The lowest BCUT2D eigenvalue weighted by Crippen LogP contribution is -2.21. The van der Waals surface area contributed by atoms with Gasteiger partial charge in [-0.15, -0.1) is 0 Å². The topological polar surface area (TPSA) is 61.0 Å². The Morgan fingerprint density at radius 3 is 2.59 bits per heavy atom. The summed E-state index contributed by atoms with van der Waals surface area (Å²) < 4.78 is 1.45. The van der Waals surface area contributed by atoms with Gasteiger partial charge in [-0.1, -0.05) is 30.3 Å². The molecule has 1 heterocycles. The third-order valence-corrected chi connectivity index (χ3v) is 2.49. The molecule has 84 valence electrons. The highest BCUT2D eigenvalue weighted by atomic mass is 16.6. The van der Waals surface area contributed by atoms with Gasteiger partial charge >= 0.3 is 5.69 Å². The van der Waals surface area contributed by atoms with Crippen LogP contribution in [0.25, 0.3) is 0 Å². The number of hydrogen-bond acceptors (Lipinski definition) is 3. The van der Waals surface area contributed by atoms with E-state index in [2.05, 4.69) is 5.10 Å². The molecule has 0 unspecified atom stereocenters. The van der Waals surface area contributed by atoms with E-state index < -0.39 is 4.92 Å². The molecule has 0 atom stereocenters. The van der Waals surface area contributed by atoms with Crippen LogP contribution in [0.3, 0.4) is 0 Å². The van der Waals surface area contributed by atoms with Gasteiger partial charge in [-0.3, -0.25) is 14.8 Å². The van der Waals surface area contributed by atoms with Gasteiger partial charge in [-0.05, 0) is 12.5 Å². The second-order valence-corrected chi connectivity index (χ2v) is 3.72. The highest BCUT2D eigenvalue weighted by Crippen LogP contribution is 2.12. The van der Waals surface area contributed by atoms with Crippen LogP contribution >= 0.6 is 0 Å². The van der Waals surface area contributed by atoms with Crippen molar-refractivity contribution in [2.24, 2.45) is 0 Å². The summed E-state index contributed by atoms with van der Waals surface area (Å²) in [6.07, 6.45) is 0. The zero-order chi connectivity index (χ0) is 12.4. The molecule has 6 heteroatoms. The zero-order valence-electron chi connectivity index (χ0n) is 9.33. The second-order valence-electron chi connectivity index (χ2n) is 3.72. The molecule has 2 aromatic rings. The Labute approximate surface area is 99.6 Å². The third-order valence-electron chi connectivity index (χ3n) is 2.49. The normalized spacial score (nSPS) is 10.4. The smallest absolute Gasteiger partial charge is 0.269 e. The van der Waals surface area contributed by atoms with Gasteiger partial charge in [0.2, 0.25) is 0 Å².